The number of halogens is 2. The van der Waals surface area contributed by atoms with Crippen LogP contribution in [-0.4, -0.2) is 66.5 Å². The number of hydrogen-bond donors (Lipinski definition) is 1. The average molecular weight is 561 g/mol. The van der Waals surface area contributed by atoms with Crippen LogP contribution >= 0.6 is 0 Å². The first-order chi connectivity index (χ1) is 19.9. The summed E-state index contributed by atoms with van der Waals surface area (Å²) in [4.78, 5) is 22.6. The van der Waals surface area contributed by atoms with Gasteiger partial charge in [0.25, 0.3) is 0 Å². The minimum Gasteiger partial charge on any atom is -0.326 e. The Kier molecular flexibility index (Phi) is 7.94. The Balaban J connectivity index is 1.13. The van der Waals surface area contributed by atoms with Gasteiger partial charge >= 0.3 is 0 Å². The second-order valence-corrected chi connectivity index (χ2v) is 11.6. The number of piperidine rings is 2. The van der Waals surface area contributed by atoms with Crippen LogP contribution in [0.3, 0.4) is 0 Å². The van der Waals surface area contributed by atoms with Gasteiger partial charge in [-0.2, -0.15) is 0 Å². The van der Waals surface area contributed by atoms with Gasteiger partial charge < -0.3 is 14.8 Å². The van der Waals surface area contributed by atoms with Crippen molar-refractivity contribution in [3.8, 4) is 11.3 Å². The minimum absolute atomic E-state index is 0.0158. The van der Waals surface area contributed by atoms with Crippen molar-refractivity contribution in [3.05, 3.63) is 59.7 Å². The number of nitrogens with zero attached hydrogens (tertiary/aromatic N) is 7. The fourth-order valence-corrected chi connectivity index (χ4v) is 6.38. The van der Waals surface area contributed by atoms with Gasteiger partial charge in [0.1, 0.15) is 22.9 Å². The van der Waals surface area contributed by atoms with Gasteiger partial charge in [-0.15, -0.1) is 0 Å². The third kappa shape index (κ3) is 5.94. The average Bonchev–Trinajstić information content (AvgIpc) is 3.32. The molecule has 1 N–H and O–H groups in total. The lowest BCUT2D eigenvalue weighted by Gasteiger charge is -2.40. The molecule has 0 bridgehead atoms. The number of aryl methyl sites for hydroxylation is 1. The molecule has 4 aromatic rings. The van der Waals surface area contributed by atoms with Crippen LogP contribution < -0.4 is 5.32 Å². The number of likely N-dealkylation sites (tertiary alicyclic amines) is 2. The predicted molar refractivity (Wildman–Crippen MR) is 157 cm³/mol. The Labute approximate surface area is 239 Å². The van der Waals surface area contributed by atoms with Gasteiger partial charge in [-0.3, -0.25) is 4.90 Å². The highest BCUT2D eigenvalue weighted by Gasteiger charge is 2.25. The molecule has 2 saturated heterocycles. The van der Waals surface area contributed by atoms with Gasteiger partial charge in [0.2, 0.25) is 5.95 Å². The number of rotatable bonds is 7. The van der Waals surface area contributed by atoms with E-state index >= 15 is 4.39 Å². The Morgan fingerprint density at radius 1 is 0.927 bits per heavy atom. The highest BCUT2D eigenvalue weighted by Crippen LogP contribution is 2.30. The van der Waals surface area contributed by atoms with Crippen LogP contribution in [-0.2, 0) is 6.54 Å². The van der Waals surface area contributed by atoms with E-state index in [-0.39, 0.29) is 23.2 Å². The quantitative estimate of drug-likeness (QED) is 0.286. The first kappa shape index (κ1) is 27.7. The van der Waals surface area contributed by atoms with Crippen molar-refractivity contribution in [1.82, 2.24) is 34.3 Å². The van der Waals surface area contributed by atoms with E-state index in [2.05, 4.69) is 41.1 Å². The molecule has 0 saturated carbocycles. The summed E-state index contributed by atoms with van der Waals surface area (Å²) >= 11 is 0. The zero-order valence-electron chi connectivity index (χ0n) is 24.1. The molecule has 1 aromatic carbocycles. The maximum absolute atomic E-state index is 15.0. The minimum atomic E-state index is -0.631. The zero-order valence-corrected chi connectivity index (χ0v) is 24.1. The molecule has 0 unspecified atom stereocenters. The molecule has 216 valence electrons. The van der Waals surface area contributed by atoms with Crippen LogP contribution in [0.25, 0.3) is 22.3 Å². The summed E-state index contributed by atoms with van der Waals surface area (Å²) < 4.78 is 31.8. The molecule has 2 aliphatic rings. The van der Waals surface area contributed by atoms with Crippen LogP contribution in [0.2, 0.25) is 0 Å². The van der Waals surface area contributed by atoms with Gasteiger partial charge in [-0.1, -0.05) is 12.5 Å². The van der Waals surface area contributed by atoms with E-state index in [4.69, 9.17) is 0 Å². The maximum Gasteiger partial charge on any atom is 0.229 e. The lowest BCUT2D eigenvalue weighted by Crippen LogP contribution is -2.46. The molecule has 0 radical (unpaired) electrons. The molecule has 6 rings (SSSR count). The van der Waals surface area contributed by atoms with Crippen molar-refractivity contribution in [1.29, 1.82) is 0 Å². The molecule has 5 heterocycles. The smallest absolute Gasteiger partial charge is 0.229 e. The number of benzene rings is 1. The summed E-state index contributed by atoms with van der Waals surface area (Å²) in [5.74, 6) is 0.309. The number of pyridine rings is 1. The van der Waals surface area contributed by atoms with E-state index in [9.17, 15) is 4.39 Å². The van der Waals surface area contributed by atoms with Crippen molar-refractivity contribution < 1.29 is 8.78 Å². The Hall–Kier alpha value is -3.50. The molecule has 0 spiro atoms. The normalized spacial score (nSPS) is 17.5. The summed E-state index contributed by atoms with van der Waals surface area (Å²) in [6.45, 7) is 11.5. The van der Waals surface area contributed by atoms with Crippen molar-refractivity contribution >= 4 is 22.8 Å². The van der Waals surface area contributed by atoms with Gasteiger partial charge in [0.15, 0.2) is 11.6 Å². The van der Waals surface area contributed by atoms with E-state index in [1.807, 2.05) is 37.6 Å². The molecular weight excluding hydrogens is 522 g/mol. The van der Waals surface area contributed by atoms with E-state index in [1.165, 1.54) is 51.3 Å². The van der Waals surface area contributed by atoms with Gasteiger partial charge in [0.05, 0.1) is 11.7 Å². The molecular formula is C31H38F2N8. The SMILES string of the molecule is Cc1nc2c(F)cc(-c3nc(Nc4ccc(CN5CCC(N6CCCCC6)CC5)cn4)ncc3F)cc2n1C(C)C. The van der Waals surface area contributed by atoms with Crippen LogP contribution in [0.4, 0.5) is 20.5 Å². The Bertz CT molecular complexity index is 1500. The Morgan fingerprint density at radius 2 is 1.71 bits per heavy atom. The maximum atomic E-state index is 15.0. The summed E-state index contributed by atoms with van der Waals surface area (Å²) in [7, 11) is 0. The van der Waals surface area contributed by atoms with Crippen molar-refractivity contribution in [3.63, 3.8) is 0 Å². The van der Waals surface area contributed by atoms with Crippen LogP contribution in [0.1, 0.15) is 63.4 Å². The number of aromatic nitrogens is 5. The molecule has 2 aliphatic heterocycles. The van der Waals surface area contributed by atoms with Gasteiger partial charge in [-0.25, -0.2) is 28.7 Å². The summed E-state index contributed by atoms with van der Waals surface area (Å²) in [5.41, 5.74) is 2.36. The third-order valence-corrected chi connectivity index (χ3v) is 8.39. The van der Waals surface area contributed by atoms with E-state index < -0.39 is 11.6 Å². The fraction of sp³-hybridized carbons (Fsp3) is 0.484. The molecule has 41 heavy (non-hydrogen) atoms. The highest BCUT2D eigenvalue weighted by atomic mass is 19.1. The first-order valence-electron chi connectivity index (χ1n) is 14.7. The second-order valence-electron chi connectivity index (χ2n) is 11.6. The lowest BCUT2D eigenvalue weighted by atomic mass is 9.99. The molecule has 2 fully saturated rings. The molecule has 0 amide bonds. The van der Waals surface area contributed by atoms with E-state index in [0.717, 1.165) is 37.4 Å². The number of imidazole rings is 1. The lowest BCUT2D eigenvalue weighted by molar-refractivity contribution is 0.0896. The topological polar surface area (TPSA) is 75.0 Å². The number of anilines is 2. The molecule has 10 heteroatoms. The van der Waals surface area contributed by atoms with Crippen molar-refractivity contribution in [2.75, 3.05) is 31.5 Å². The number of hydrogen-bond acceptors (Lipinski definition) is 7. The third-order valence-electron chi connectivity index (χ3n) is 8.39. The van der Waals surface area contributed by atoms with Gasteiger partial charge in [0, 0.05) is 30.4 Å². The number of fused-ring (bicyclic) bond motifs is 1. The largest absolute Gasteiger partial charge is 0.326 e. The molecule has 8 nitrogen and oxygen atoms in total. The van der Waals surface area contributed by atoms with Crippen molar-refractivity contribution in [2.24, 2.45) is 0 Å². The summed E-state index contributed by atoms with van der Waals surface area (Å²) in [5, 5.41) is 3.07. The van der Waals surface area contributed by atoms with Gasteiger partial charge in [-0.05, 0) is 96.4 Å². The van der Waals surface area contributed by atoms with Crippen LogP contribution in [0, 0.1) is 18.6 Å². The summed E-state index contributed by atoms with van der Waals surface area (Å²) in [6, 6.07) is 7.75. The first-order valence-corrected chi connectivity index (χ1v) is 14.7. The van der Waals surface area contributed by atoms with Crippen LogP contribution in [0.15, 0.2) is 36.7 Å². The molecule has 3 aromatic heterocycles. The van der Waals surface area contributed by atoms with E-state index in [1.54, 1.807) is 6.07 Å². The standard InChI is InChI=1S/C31H38F2N8/c1-20(2)41-21(3)36-30-25(32)15-23(16-27(30)41)29-26(33)18-35-31(38-29)37-28-8-7-22(17-34-28)19-39-13-9-24(10-14-39)40-11-5-4-6-12-40/h7-8,15-18,20,24H,4-6,9-14,19H2,1-3H3,(H,34,35,37,38). The Morgan fingerprint density at radius 3 is 2.41 bits per heavy atom. The van der Waals surface area contributed by atoms with E-state index in [0.29, 0.717) is 22.7 Å². The second kappa shape index (κ2) is 11.8. The summed E-state index contributed by atoms with van der Waals surface area (Å²) in [6.07, 6.45) is 9.48. The predicted octanol–water partition coefficient (Wildman–Crippen LogP) is 6.25. The molecule has 0 atom stereocenters. The fourth-order valence-electron chi connectivity index (χ4n) is 6.38. The molecule has 0 aliphatic carbocycles. The highest BCUT2D eigenvalue weighted by molar-refractivity contribution is 5.83. The zero-order chi connectivity index (χ0) is 28.5. The van der Waals surface area contributed by atoms with Crippen molar-refractivity contribution in [2.45, 2.75) is 71.5 Å². The monoisotopic (exact) mass is 560 g/mol. The number of nitrogens with one attached hydrogen (secondary N) is 1. The van der Waals surface area contributed by atoms with Crippen LogP contribution in [0.5, 0.6) is 0 Å².